The predicted molar refractivity (Wildman–Crippen MR) is 84.6 cm³/mol. The molecule has 0 atom stereocenters. The van der Waals surface area contributed by atoms with E-state index in [9.17, 15) is 0 Å². The molecule has 0 spiro atoms. The van der Waals surface area contributed by atoms with E-state index in [4.69, 9.17) is 11.6 Å². The van der Waals surface area contributed by atoms with Crippen LogP contribution in [-0.4, -0.2) is 26.8 Å². The van der Waals surface area contributed by atoms with E-state index in [1.807, 2.05) is 26.2 Å². The maximum Gasteiger partial charge on any atom is 0.162 e. The van der Waals surface area contributed by atoms with Crippen LogP contribution in [-0.2, 0) is 13.6 Å². The zero-order valence-electron chi connectivity index (χ0n) is 12.2. The third kappa shape index (κ3) is 2.56. The Kier molecular flexibility index (Phi) is 3.51. The summed E-state index contributed by atoms with van der Waals surface area (Å²) in [4.78, 5) is 11.0. The molecular weight excluding hydrogens is 286 g/mol. The van der Waals surface area contributed by atoms with Crippen molar-refractivity contribution >= 4 is 28.3 Å². The number of anilines is 1. The van der Waals surface area contributed by atoms with Crippen molar-refractivity contribution in [3.8, 4) is 0 Å². The number of fused-ring (bicyclic) bond motifs is 1. The lowest BCUT2D eigenvalue weighted by Gasteiger charge is -2.20. The minimum absolute atomic E-state index is 0.446. The van der Waals surface area contributed by atoms with Gasteiger partial charge in [0.05, 0.1) is 18.1 Å². The van der Waals surface area contributed by atoms with Crippen LogP contribution in [0.1, 0.15) is 11.4 Å². The van der Waals surface area contributed by atoms with E-state index >= 15 is 0 Å². The van der Waals surface area contributed by atoms with Gasteiger partial charge in [0.1, 0.15) is 5.15 Å². The molecule has 2 aromatic heterocycles. The first-order valence-electron chi connectivity index (χ1n) is 6.67. The summed E-state index contributed by atoms with van der Waals surface area (Å²) < 4.78 is 1.71. The maximum absolute atomic E-state index is 6.21. The molecule has 0 saturated carbocycles. The predicted octanol–water partition coefficient (Wildman–Crippen LogP) is 2.96. The van der Waals surface area contributed by atoms with E-state index < -0.39 is 0 Å². The number of benzene rings is 1. The van der Waals surface area contributed by atoms with Gasteiger partial charge in [0.2, 0.25) is 0 Å². The Bertz CT molecular complexity index is 796. The van der Waals surface area contributed by atoms with Crippen molar-refractivity contribution in [3.63, 3.8) is 0 Å². The summed E-state index contributed by atoms with van der Waals surface area (Å²) in [5.74, 6) is 0.682. The van der Waals surface area contributed by atoms with Gasteiger partial charge >= 0.3 is 0 Å². The fourth-order valence-electron chi connectivity index (χ4n) is 2.39. The minimum atomic E-state index is 0.446. The summed E-state index contributed by atoms with van der Waals surface area (Å²) in [7, 11) is 3.87. The number of aromatic nitrogens is 4. The number of rotatable bonds is 3. The summed E-state index contributed by atoms with van der Waals surface area (Å²) in [5.41, 5.74) is 3.12. The normalized spacial score (nSPS) is 11.0. The molecule has 0 aliphatic carbocycles. The van der Waals surface area contributed by atoms with Gasteiger partial charge in [0.25, 0.3) is 0 Å². The molecule has 1 aromatic carbocycles. The van der Waals surface area contributed by atoms with Crippen molar-refractivity contribution in [3.05, 3.63) is 47.0 Å². The third-order valence-corrected chi connectivity index (χ3v) is 3.79. The second-order valence-electron chi connectivity index (χ2n) is 5.08. The number of nitrogens with zero attached hydrogens (tertiary/aromatic N) is 5. The van der Waals surface area contributed by atoms with Crippen molar-refractivity contribution < 1.29 is 0 Å². The van der Waals surface area contributed by atoms with Crippen LogP contribution in [0.4, 0.5) is 5.69 Å². The van der Waals surface area contributed by atoms with Crippen molar-refractivity contribution in [1.82, 2.24) is 19.7 Å². The highest BCUT2D eigenvalue weighted by Gasteiger charge is 2.12. The van der Waals surface area contributed by atoms with Gasteiger partial charge in [0.15, 0.2) is 11.5 Å². The summed E-state index contributed by atoms with van der Waals surface area (Å²) in [6.45, 7) is 2.68. The molecule has 21 heavy (non-hydrogen) atoms. The minimum Gasteiger partial charge on any atom is -0.367 e. The van der Waals surface area contributed by atoms with Crippen LogP contribution in [0, 0.1) is 6.92 Å². The van der Waals surface area contributed by atoms with Crippen LogP contribution in [0.15, 0.2) is 30.5 Å². The monoisotopic (exact) mass is 301 g/mol. The van der Waals surface area contributed by atoms with Crippen LogP contribution >= 0.6 is 11.6 Å². The molecule has 0 amide bonds. The summed E-state index contributed by atoms with van der Waals surface area (Å²) in [5, 5.41) is 5.39. The Morgan fingerprint density at radius 3 is 2.76 bits per heavy atom. The first-order valence-corrected chi connectivity index (χ1v) is 7.05. The van der Waals surface area contributed by atoms with E-state index in [1.54, 1.807) is 10.9 Å². The molecular formula is C15H16ClN5. The summed E-state index contributed by atoms with van der Waals surface area (Å²) in [6, 6.07) is 8.22. The largest absolute Gasteiger partial charge is 0.367 e. The quantitative estimate of drug-likeness (QED) is 0.698. The molecule has 0 radical (unpaired) electrons. The second kappa shape index (κ2) is 5.33. The number of halogens is 1. The molecule has 0 aliphatic rings. The van der Waals surface area contributed by atoms with E-state index in [1.165, 1.54) is 5.56 Å². The van der Waals surface area contributed by atoms with Gasteiger partial charge in [0, 0.05) is 19.8 Å². The van der Waals surface area contributed by atoms with E-state index in [-0.39, 0.29) is 0 Å². The maximum atomic E-state index is 6.21. The number of hydrogen-bond donors (Lipinski definition) is 0. The molecule has 2 heterocycles. The standard InChI is InChI=1S/C15H16ClN5/c1-10-6-4-5-7-12(10)20(2)9-13-18-14(16)11-8-17-21(3)15(11)19-13/h4-8H,9H2,1-3H3. The molecule has 108 valence electrons. The summed E-state index contributed by atoms with van der Waals surface area (Å²) in [6.07, 6.45) is 1.69. The highest BCUT2D eigenvalue weighted by atomic mass is 35.5. The fourth-order valence-corrected chi connectivity index (χ4v) is 2.62. The van der Waals surface area contributed by atoms with Gasteiger partial charge in [-0.15, -0.1) is 0 Å². The first kappa shape index (κ1) is 13.8. The Labute approximate surface area is 128 Å². The lowest BCUT2D eigenvalue weighted by molar-refractivity contribution is 0.773. The lowest BCUT2D eigenvalue weighted by atomic mass is 10.2. The Hall–Kier alpha value is -2.14. The number of aryl methyl sites for hydroxylation is 2. The lowest BCUT2D eigenvalue weighted by Crippen LogP contribution is -2.19. The Balaban J connectivity index is 1.94. The van der Waals surface area contributed by atoms with Gasteiger partial charge < -0.3 is 4.90 Å². The average molecular weight is 302 g/mol. The van der Waals surface area contributed by atoms with Crippen LogP contribution < -0.4 is 4.90 Å². The van der Waals surface area contributed by atoms with Crippen molar-refractivity contribution in [2.24, 2.45) is 7.05 Å². The van der Waals surface area contributed by atoms with Crippen LogP contribution in [0.25, 0.3) is 11.0 Å². The molecule has 0 unspecified atom stereocenters. The number of para-hydroxylation sites is 1. The fraction of sp³-hybridized carbons (Fsp3) is 0.267. The molecule has 0 fully saturated rings. The van der Waals surface area contributed by atoms with Gasteiger partial charge in [-0.1, -0.05) is 29.8 Å². The highest BCUT2D eigenvalue weighted by Crippen LogP contribution is 2.22. The van der Waals surface area contributed by atoms with Gasteiger partial charge in [-0.2, -0.15) is 5.10 Å². The molecule has 0 N–H and O–H groups in total. The van der Waals surface area contributed by atoms with Crippen LogP contribution in [0.2, 0.25) is 5.15 Å². The van der Waals surface area contributed by atoms with Crippen molar-refractivity contribution in [2.45, 2.75) is 13.5 Å². The van der Waals surface area contributed by atoms with Crippen LogP contribution in [0.3, 0.4) is 0 Å². The molecule has 3 rings (SSSR count). The van der Waals surface area contributed by atoms with Gasteiger partial charge in [-0.05, 0) is 18.6 Å². The van der Waals surface area contributed by atoms with Gasteiger partial charge in [-0.25, -0.2) is 9.97 Å². The summed E-state index contributed by atoms with van der Waals surface area (Å²) >= 11 is 6.21. The van der Waals surface area contributed by atoms with E-state index in [0.717, 1.165) is 16.7 Å². The molecule has 0 saturated heterocycles. The average Bonchev–Trinajstić information content (AvgIpc) is 2.81. The highest BCUT2D eigenvalue weighted by molar-refractivity contribution is 6.33. The molecule has 0 bridgehead atoms. The van der Waals surface area contributed by atoms with Crippen molar-refractivity contribution in [2.75, 3.05) is 11.9 Å². The third-order valence-electron chi connectivity index (χ3n) is 3.50. The second-order valence-corrected chi connectivity index (χ2v) is 5.44. The SMILES string of the molecule is Cc1ccccc1N(C)Cc1nc(Cl)c2cnn(C)c2n1. The van der Waals surface area contributed by atoms with Crippen LogP contribution in [0.5, 0.6) is 0 Å². The van der Waals surface area contributed by atoms with E-state index in [2.05, 4.69) is 39.0 Å². The van der Waals surface area contributed by atoms with Crippen molar-refractivity contribution in [1.29, 1.82) is 0 Å². The topological polar surface area (TPSA) is 46.8 Å². The number of hydrogen-bond acceptors (Lipinski definition) is 4. The Morgan fingerprint density at radius 1 is 1.24 bits per heavy atom. The smallest absolute Gasteiger partial charge is 0.162 e. The first-order chi connectivity index (χ1) is 10.1. The van der Waals surface area contributed by atoms with E-state index in [0.29, 0.717) is 17.5 Å². The van der Waals surface area contributed by atoms with Gasteiger partial charge in [-0.3, -0.25) is 4.68 Å². The zero-order chi connectivity index (χ0) is 15.0. The molecule has 6 heteroatoms. The zero-order valence-corrected chi connectivity index (χ0v) is 13.0. The molecule has 3 aromatic rings. The Morgan fingerprint density at radius 2 is 2.00 bits per heavy atom. The molecule has 5 nitrogen and oxygen atoms in total. The molecule has 0 aliphatic heterocycles.